The molecule has 34 heavy (non-hydrogen) atoms. The molecule has 2 aliphatic heterocycles. The van der Waals surface area contributed by atoms with Gasteiger partial charge in [-0.15, -0.1) is 0 Å². The predicted octanol–water partition coefficient (Wildman–Crippen LogP) is 5.45. The van der Waals surface area contributed by atoms with Gasteiger partial charge in [0.2, 0.25) is 0 Å². The maximum atomic E-state index is 13.6. The minimum absolute atomic E-state index is 0.0503. The molecule has 0 aliphatic carbocycles. The summed E-state index contributed by atoms with van der Waals surface area (Å²) in [6.07, 6.45) is 4.30. The number of nitrogens with zero attached hydrogens (tertiary/aromatic N) is 2. The third kappa shape index (κ3) is 5.64. The lowest BCUT2D eigenvalue weighted by molar-refractivity contribution is 0.0697. The molecule has 0 radical (unpaired) electrons. The van der Waals surface area contributed by atoms with Gasteiger partial charge in [-0.2, -0.15) is 0 Å². The monoisotopic (exact) mass is 464 g/mol. The van der Waals surface area contributed by atoms with Crippen molar-refractivity contribution in [2.75, 3.05) is 48.8 Å². The Morgan fingerprint density at radius 2 is 1.53 bits per heavy atom. The van der Waals surface area contributed by atoms with Crippen LogP contribution in [0.4, 0.5) is 21.9 Å². The Balaban J connectivity index is 1.55. The Morgan fingerprint density at radius 1 is 0.882 bits per heavy atom. The summed E-state index contributed by atoms with van der Waals surface area (Å²) in [6, 6.07) is 12.6. The Bertz CT molecular complexity index is 1010. The second-order valence-corrected chi connectivity index (χ2v) is 9.66. The molecule has 0 bridgehead atoms. The maximum absolute atomic E-state index is 13.6. The molecular weight excluding hydrogens is 428 g/mol. The number of urea groups is 1. The Morgan fingerprint density at radius 3 is 2.21 bits per heavy atom. The van der Waals surface area contributed by atoms with E-state index < -0.39 is 0 Å². The fourth-order valence-electron chi connectivity index (χ4n) is 4.72. The number of piperidine rings is 2. The number of methoxy groups -OCH3 is 1. The summed E-state index contributed by atoms with van der Waals surface area (Å²) < 4.78 is 5.31. The summed E-state index contributed by atoms with van der Waals surface area (Å²) in [7, 11) is 1.57. The van der Waals surface area contributed by atoms with Crippen LogP contribution in [0.2, 0.25) is 0 Å². The van der Waals surface area contributed by atoms with Gasteiger partial charge in [0, 0.05) is 37.6 Å². The van der Waals surface area contributed by atoms with E-state index in [0.29, 0.717) is 34.5 Å². The van der Waals surface area contributed by atoms with Crippen LogP contribution in [0.3, 0.4) is 0 Å². The highest BCUT2D eigenvalue weighted by Gasteiger charge is 2.27. The van der Waals surface area contributed by atoms with Gasteiger partial charge in [-0.05, 0) is 67.9 Å². The molecule has 7 heteroatoms. The average molecular weight is 465 g/mol. The van der Waals surface area contributed by atoms with Crippen molar-refractivity contribution in [2.45, 2.75) is 39.5 Å². The number of benzene rings is 2. The van der Waals surface area contributed by atoms with Crippen LogP contribution in [-0.4, -0.2) is 50.1 Å². The van der Waals surface area contributed by atoms with Crippen molar-refractivity contribution in [3.05, 3.63) is 48.0 Å². The number of rotatable bonds is 5. The van der Waals surface area contributed by atoms with Crippen molar-refractivity contribution in [3.8, 4) is 5.75 Å². The van der Waals surface area contributed by atoms with Crippen molar-refractivity contribution in [1.29, 1.82) is 0 Å². The highest BCUT2D eigenvalue weighted by atomic mass is 16.5. The van der Waals surface area contributed by atoms with E-state index in [1.54, 1.807) is 19.2 Å². The van der Waals surface area contributed by atoms with E-state index in [1.807, 2.05) is 35.2 Å². The number of para-hydroxylation sites is 2. The molecule has 2 fully saturated rings. The zero-order valence-electron chi connectivity index (χ0n) is 20.5. The molecule has 4 rings (SSSR count). The zero-order valence-corrected chi connectivity index (χ0v) is 20.5. The maximum Gasteiger partial charge on any atom is 0.323 e. The normalized spacial score (nSPS) is 17.4. The van der Waals surface area contributed by atoms with Gasteiger partial charge in [-0.3, -0.25) is 4.79 Å². The molecule has 2 saturated heterocycles. The topological polar surface area (TPSA) is 73.9 Å². The van der Waals surface area contributed by atoms with E-state index in [-0.39, 0.29) is 11.9 Å². The molecule has 2 heterocycles. The smallest absolute Gasteiger partial charge is 0.323 e. The van der Waals surface area contributed by atoms with Gasteiger partial charge in [0.25, 0.3) is 5.91 Å². The minimum atomic E-state index is -0.380. The van der Waals surface area contributed by atoms with Crippen molar-refractivity contribution >= 4 is 29.0 Å². The number of nitrogens with one attached hydrogen (secondary N) is 2. The van der Waals surface area contributed by atoms with E-state index in [1.165, 1.54) is 0 Å². The number of anilines is 3. The zero-order chi connectivity index (χ0) is 24.1. The predicted molar refractivity (Wildman–Crippen MR) is 137 cm³/mol. The summed E-state index contributed by atoms with van der Waals surface area (Å²) in [4.78, 5) is 30.6. The van der Waals surface area contributed by atoms with E-state index in [9.17, 15) is 9.59 Å². The average Bonchev–Trinajstić information content (AvgIpc) is 2.85. The largest absolute Gasteiger partial charge is 0.495 e. The van der Waals surface area contributed by atoms with Crippen LogP contribution in [-0.2, 0) is 0 Å². The first-order chi connectivity index (χ1) is 16.4. The number of amides is 3. The first-order valence-corrected chi connectivity index (χ1v) is 12.3. The Kier molecular flexibility index (Phi) is 7.60. The van der Waals surface area contributed by atoms with Crippen molar-refractivity contribution in [1.82, 2.24) is 4.90 Å². The molecule has 2 aliphatic rings. The standard InChI is InChI=1S/C27H36N4O3/c1-19-10-14-30(15-11-19)24-9-8-21(18-22(24)26(32)31-16-12-20(2)13-17-31)28-27(33)29-23-6-4-5-7-25(23)34-3/h4-9,18-20H,10-17H2,1-3H3,(H2,28,29,33). The number of ether oxygens (including phenoxy) is 1. The third-order valence-electron chi connectivity index (χ3n) is 7.04. The third-order valence-corrected chi connectivity index (χ3v) is 7.04. The molecular formula is C27H36N4O3. The molecule has 2 aromatic carbocycles. The minimum Gasteiger partial charge on any atom is -0.495 e. The number of likely N-dealkylation sites (tertiary alicyclic amines) is 1. The van der Waals surface area contributed by atoms with Gasteiger partial charge in [0.1, 0.15) is 5.75 Å². The number of hydrogen-bond donors (Lipinski definition) is 2. The number of carbonyl (C=O) groups excluding carboxylic acids is 2. The first-order valence-electron chi connectivity index (χ1n) is 12.3. The highest BCUT2D eigenvalue weighted by Crippen LogP contribution is 2.31. The summed E-state index contributed by atoms with van der Waals surface area (Å²) in [5.41, 5.74) is 2.81. The lowest BCUT2D eigenvalue weighted by atomic mass is 9.96. The second kappa shape index (κ2) is 10.8. The number of hydrogen-bond acceptors (Lipinski definition) is 4. The molecule has 3 amide bonds. The fourth-order valence-corrected chi connectivity index (χ4v) is 4.72. The van der Waals surface area contributed by atoms with Crippen LogP contribution in [0, 0.1) is 11.8 Å². The molecule has 7 nitrogen and oxygen atoms in total. The van der Waals surface area contributed by atoms with Crippen LogP contribution in [0.25, 0.3) is 0 Å². The highest BCUT2D eigenvalue weighted by molar-refractivity contribution is 6.04. The van der Waals surface area contributed by atoms with Crippen LogP contribution < -0.4 is 20.3 Å². The summed E-state index contributed by atoms with van der Waals surface area (Å²) >= 11 is 0. The molecule has 0 aromatic heterocycles. The van der Waals surface area contributed by atoms with E-state index in [2.05, 4.69) is 29.4 Å². The number of carbonyl (C=O) groups is 2. The Labute approximate surface area is 202 Å². The summed E-state index contributed by atoms with van der Waals surface area (Å²) in [6.45, 7) is 7.97. The molecule has 2 aromatic rings. The van der Waals surface area contributed by atoms with Gasteiger partial charge in [0.05, 0.1) is 18.4 Å². The molecule has 182 valence electrons. The van der Waals surface area contributed by atoms with Crippen LogP contribution in [0.5, 0.6) is 5.75 Å². The van der Waals surface area contributed by atoms with Crippen LogP contribution in [0.1, 0.15) is 49.9 Å². The first kappa shape index (κ1) is 23.9. The van der Waals surface area contributed by atoms with Gasteiger partial charge in [-0.25, -0.2) is 4.79 Å². The second-order valence-electron chi connectivity index (χ2n) is 9.66. The van der Waals surface area contributed by atoms with Gasteiger partial charge < -0.3 is 25.2 Å². The lowest BCUT2D eigenvalue weighted by Gasteiger charge is -2.35. The fraction of sp³-hybridized carbons (Fsp3) is 0.481. The van der Waals surface area contributed by atoms with Crippen LogP contribution in [0.15, 0.2) is 42.5 Å². The summed E-state index contributed by atoms with van der Waals surface area (Å²) in [5, 5.41) is 5.72. The van der Waals surface area contributed by atoms with Gasteiger partial charge in [0.15, 0.2) is 0 Å². The van der Waals surface area contributed by atoms with Crippen LogP contribution >= 0.6 is 0 Å². The molecule has 2 N–H and O–H groups in total. The molecule has 0 unspecified atom stereocenters. The van der Waals surface area contributed by atoms with Gasteiger partial charge in [-0.1, -0.05) is 26.0 Å². The molecule has 0 spiro atoms. The van der Waals surface area contributed by atoms with E-state index in [0.717, 1.165) is 57.5 Å². The van der Waals surface area contributed by atoms with E-state index >= 15 is 0 Å². The lowest BCUT2D eigenvalue weighted by Crippen LogP contribution is -2.40. The van der Waals surface area contributed by atoms with Crippen molar-refractivity contribution in [3.63, 3.8) is 0 Å². The quantitative estimate of drug-likeness (QED) is 0.617. The summed E-state index contributed by atoms with van der Waals surface area (Å²) in [5.74, 6) is 1.99. The van der Waals surface area contributed by atoms with E-state index in [4.69, 9.17) is 4.74 Å². The molecule has 0 atom stereocenters. The van der Waals surface area contributed by atoms with Crippen molar-refractivity contribution < 1.29 is 14.3 Å². The van der Waals surface area contributed by atoms with Gasteiger partial charge >= 0.3 is 6.03 Å². The van der Waals surface area contributed by atoms with Crippen molar-refractivity contribution in [2.24, 2.45) is 11.8 Å². The SMILES string of the molecule is COc1ccccc1NC(=O)Nc1ccc(N2CCC(C)CC2)c(C(=O)N2CCC(C)CC2)c1. The molecule has 0 saturated carbocycles. The Hall–Kier alpha value is -3.22.